The highest BCUT2D eigenvalue weighted by molar-refractivity contribution is 7.91. The van der Waals surface area contributed by atoms with E-state index < -0.39 is 9.84 Å². The van der Waals surface area contributed by atoms with Gasteiger partial charge in [-0.2, -0.15) is 0 Å². The van der Waals surface area contributed by atoms with E-state index in [0.29, 0.717) is 0 Å². The fourth-order valence-corrected chi connectivity index (χ4v) is 4.20. The monoisotopic (exact) mass is 274 g/mol. The summed E-state index contributed by atoms with van der Waals surface area (Å²) in [7, 11) is -2.88. The summed E-state index contributed by atoms with van der Waals surface area (Å²) < 4.78 is 23.5. The molecule has 2 rings (SSSR count). The van der Waals surface area contributed by atoms with Crippen LogP contribution >= 0.6 is 0 Å². The van der Waals surface area contributed by atoms with Gasteiger partial charge >= 0.3 is 0 Å². The number of sulfone groups is 1. The summed E-state index contributed by atoms with van der Waals surface area (Å²) in [6.07, 6.45) is 6.92. The van der Waals surface area contributed by atoms with Gasteiger partial charge in [-0.1, -0.05) is 6.42 Å². The zero-order valence-electron chi connectivity index (χ0n) is 11.4. The number of hydrogen-bond acceptors (Lipinski definition) is 4. The Balaban J connectivity index is 1.90. The number of nitrogens with one attached hydrogen (secondary N) is 1. The third-order valence-electron chi connectivity index (χ3n) is 4.29. The van der Waals surface area contributed by atoms with Crippen LogP contribution in [-0.4, -0.2) is 57.5 Å². The molecule has 0 spiro atoms. The van der Waals surface area contributed by atoms with Crippen LogP contribution in [-0.2, 0) is 9.84 Å². The third-order valence-corrected chi connectivity index (χ3v) is 5.89. The average Bonchev–Trinajstić information content (AvgIpc) is 2.55. The zero-order valence-corrected chi connectivity index (χ0v) is 12.2. The first-order valence-electron chi connectivity index (χ1n) is 7.17. The second-order valence-corrected chi connectivity index (χ2v) is 8.23. The highest BCUT2D eigenvalue weighted by Crippen LogP contribution is 2.20. The summed E-state index contributed by atoms with van der Waals surface area (Å²) in [5.74, 6) is 0.754. The number of rotatable bonds is 3. The van der Waals surface area contributed by atoms with E-state index in [1.54, 1.807) is 0 Å². The highest BCUT2D eigenvalue weighted by atomic mass is 32.2. The summed E-state index contributed by atoms with van der Waals surface area (Å²) in [5.41, 5.74) is 0. The van der Waals surface area contributed by atoms with Gasteiger partial charge in [0.1, 0.15) is 0 Å². The van der Waals surface area contributed by atoms with Gasteiger partial charge in [0.05, 0.1) is 5.25 Å². The highest BCUT2D eigenvalue weighted by Gasteiger charge is 2.27. The first-order chi connectivity index (χ1) is 8.55. The molecule has 2 fully saturated rings. The Bertz CT molecular complexity index is 350. The molecule has 0 aliphatic carbocycles. The van der Waals surface area contributed by atoms with Crippen molar-refractivity contribution in [2.75, 3.05) is 39.0 Å². The van der Waals surface area contributed by atoms with Crippen LogP contribution in [0.25, 0.3) is 0 Å². The van der Waals surface area contributed by atoms with Crippen LogP contribution in [0.4, 0.5) is 0 Å². The third kappa shape index (κ3) is 4.21. The number of nitrogens with zero attached hydrogens (tertiary/aromatic N) is 1. The Kier molecular flexibility index (Phi) is 5.04. The van der Waals surface area contributed by atoms with Crippen molar-refractivity contribution in [2.24, 2.45) is 5.92 Å². The molecule has 0 saturated carbocycles. The van der Waals surface area contributed by atoms with E-state index in [1.165, 1.54) is 19.1 Å². The van der Waals surface area contributed by atoms with E-state index in [2.05, 4.69) is 10.2 Å². The smallest absolute Gasteiger partial charge is 0.151 e. The van der Waals surface area contributed by atoms with Gasteiger partial charge in [-0.3, -0.25) is 0 Å². The maximum atomic E-state index is 11.7. The van der Waals surface area contributed by atoms with Crippen LogP contribution in [0.2, 0.25) is 0 Å². The van der Waals surface area contributed by atoms with Crippen molar-refractivity contribution in [1.29, 1.82) is 0 Å². The molecule has 4 nitrogen and oxygen atoms in total. The fraction of sp³-hybridized carbons (Fsp3) is 1.00. The fourth-order valence-electron chi connectivity index (χ4n) is 3.12. The molecule has 0 aromatic carbocycles. The topological polar surface area (TPSA) is 49.4 Å². The van der Waals surface area contributed by atoms with Gasteiger partial charge in [0.15, 0.2) is 9.84 Å². The molecule has 5 heteroatoms. The lowest BCUT2D eigenvalue weighted by Crippen LogP contribution is -2.40. The van der Waals surface area contributed by atoms with Gasteiger partial charge in [-0.15, -0.1) is 0 Å². The summed E-state index contributed by atoms with van der Waals surface area (Å²) in [6, 6.07) is 0. The normalized spacial score (nSPS) is 29.1. The van der Waals surface area contributed by atoms with E-state index in [1.807, 2.05) is 0 Å². The van der Waals surface area contributed by atoms with Crippen LogP contribution in [0.5, 0.6) is 0 Å². The van der Waals surface area contributed by atoms with Crippen LogP contribution in [0.3, 0.4) is 0 Å². The first-order valence-corrected chi connectivity index (χ1v) is 9.13. The molecule has 2 saturated heterocycles. The Morgan fingerprint density at radius 3 is 2.56 bits per heavy atom. The molecule has 2 aliphatic heterocycles. The summed E-state index contributed by atoms with van der Waals surface area (Å²) in [6.45, 7) is 5.16. The second-order valence-electron chi connectivity index (χ2n) is 5.90. The van der Waals surface area contributed by atoms with Gasteiger partial charge in [0, 0.05) is 19.3 Å². The Hall–Kier alpha value is -0.130. The molecule has 18 heavy (non-hydrogen) atoms. The number of hydrogen-bond donors (Lipinski definition) is 1. The summed E-state index contributed by atoms with van der Waals surface area (Å²) in [5, 5.41) is 3.25. The lowest BCUT2D eigenvalue weighted by Gasteiger charge is -2.30. The van der Waals surface area contributed by atoms with Crippen molar-refractivity contribution in [1.82, 2.24) is 10.2 Å². The minimum Gasteiger partial charge on any atom is -0.317 e. The van der Waals surface area contributed by atoms with Gasteiger partial charge < -0.3 is 10.2 Å². The molecule has 2 aliphatic rings. The van der Waals surface area contributed by atoms with E-state index in [0.717, 1.165) is 57.9 Å². The largest absolute Gasteiger partial charge is 0.317 e. The molecule has 0 bridgehead atoms. The van der Waals surface area contributed by atoms with Crippen molar-refractivity contribution in [3.63, 3.8) is 0 Å². The van der Waals surface area contributed by atoms with Crippen molar-refractivity contribution in [3.05, 3.63) is 0 Å². The molecule has 0 aromatic heterocycles. The average molecular weight is 274 g/mol. The molecule has 106 valence electrons. The van der Waals surface area contributed by atoms with Gasteiger partial charge in [-0.05, 0) is 51.2 Å². The summed E-state index contributed by atoms with van der Waals surface area (Å²) >= 11 is 0. The van der Waals surface area contributed by atoms with Crippen molar-refractivity contribution >= 4 is 9.84 Å². The lowest BCUT2D eigenvalue weighted by atomic mass is 9.97. The maximum Gasteiger partial charge on any atom is 0.151 e. The number of likely N-dealkylation sites (tertiary alicyclic amines) is 1. The Morgan fingerprint density at radius 2 is 1.89 bits per heavy atom. The van der Waals surface area contributed by atoms with E-state index >= 15 is 0 Å². The molecule has 0 amide bonds. The molecule has 2 heterocycles. The molecular weight excluding hydrogens is 248 g/mol. The van der Waals surface area contributed by atoms with Crippen LogP contribution in [0.15, 0.2) is 0 Å². The van der Waals surface area contributed by atoms with Gasteiger partial charge in [0.25, 0.3) is 0 Å². The van der Waals surface area contributed by atoms with Crippen LogP contribution in [0, 0.1) is 5.92 Å². The van der Waals surface area contributed by atoms with Gasteiger partial charge in [-0.25, -0.2) is 8.42 Å². The first kappa shape index (κ1) is 14.3. The molecule has 1 N–H and O–H groups in total. The SMILES string of the molecule is CS(=O)(=O)C1CCCCN(CC2CCNCC2)C1. The van der Waals surface area contributed by atoms with E-state index in [4.69, 9.17) is 0 Å². The van der Waals surface area contributed by atoms with E-state index in [9.17, 15) is 8.42 Å². The molecule has 1 unspecified atom stereocenters. The molecule has 1 atom stereocenters. The predicted molar refractivity (Wildman–Crippen MR) is 74.5 cm³/mol. The van der Waals surface area contributed by atoms with Crippen LogP contribution in [0.1, 0.15) is 32.1 Å². The van der Waals surface area contributed by atoms with Crippen LogP contribution < -0.4 is 5.32 Å². The van der Waals surface area contributed by atoms with Crippen molar-refractivity contribution < 1.29 is 8.42 Å². The molecule has 0 aromatic rings. The standard InChI is InChI=1S/C13H26N2O2S/c1-18(16,17)13-4-2-3-9-15(11-13)10-12-5-7-14-8-6-12/h12-14H,2-11H2,1H3. The maximum absolute atomic E-state index is 11.7. The van der Waals surface area contributed by atoms with Crippen molar-refractivity contribution in [2.45, 2.75) is 37.4 Å². The second kappa shape index (κ2) is 6.35. The minimum atomic E-state index is -2.88. The quantitative estimate of drug-likeness (QED) is 0.830. The lowest BCUT2D eigenvalue weighted by molar-refractivity contribution is 0.212. The number of piperidine rings is 1. The predicted octanol–water partition coefficient (Wildman–Crippen LogP) is 0.885. The molecular formula is C13H26N2O2S. The van der Waals surface area contributed by atoms with E-state index in [-0.39, 0.29) is 5.25 Å². The zero-order chi connectivity index (χ0) is 13.0. The summed E-state index contributed by atoms with van der Waals surface area (Å²) in [4.78, 5) is 2.40. The Labute approximate surface area is 111 Å². The van der Waals surface area contributed by atoms with Gasteiger partial charge in [0.2, 0.25) is 0 Å². The Morgan fingerprint density at radius 1 is 1.17 bits per heavy atom. The van der Waals surface area contributed by atoms with Crippen molar-refractivity contribution in [3.8, 4) is 0 Å². The minimum absolute atomic E-state index is 0.137. The molecule has 0 radical (unpaired) electrons.